The van der Waals surface area contributed by atoms with Crippen LogP contribution in [0.5, 0.6) is 0 Å². The number of rotatable bonds is 8. The van der Waals surface area contributed by atoms with Gasteiger partial charge in [0.05, 0.1) is 5.56 Å². The largest absolute Gasteiger partial charge is 0.479 e. The van der Waals surface area contributed by atoms with Gasteiger partial charge in [-0.2, -0.15) is 13.2 Å². The predicted molar refractivity (Wildman–Crippen MR) is 101 cm³/mol. The Morgan fingerprint density at radius 2 is 1.77 bits per heavy atom. The maximum Gasteiger partial charge on any atom is 0.416 e. The molecule has 1 aliphatic rings. The number of nitrogens with one attached hydrogen (secondary N) is 1. The zero-order valence-corrected chi connectivity index (χ0v) is 16.8. The van der Waals surface area contributed by atoms with Crippen molar-refractivity contribution in [1.29, 1.82) is 0 Å². The van der Waals surface area contributed by atoms with Gasteiger partial charge in [0, 0.05) is 19.1 Å². The van der Waals surface area contributed by atoms with E-state index in [9.17, 15) is 27.2 Å². The van der Waals surface area contributed by atoms with Gasteiger partial charge in [-0.3, -0.25) is 4.90 Å². The van der Waals surface area contributed by atoms with Crippen molar-refractivity contribution in [2.24, 2.45) is 0 Å². The summed E-state index contributed by atoms with van der Waals surface area (Å²) in [5.74, 6) is -4.39. The third kappa shape index (κ3) is 8.40. The SMILES string of the molecule is CCCN(Cc1ccc(F)cc1C(F)(F)F)[C@H]1CCNC1.O=C(O)[C@H](O)[C@@H](O)C(=O)O. The number of carboxylic acids is 2. The second-order valence-electron chi connectivity index (χ2n) is 6.98. The van der Waals surface area contributed by atoms with Crippen molar-refractivity contribution < 1.29 is 47.6 Å². The summed E-state index contributed by atoms with van der Waals surface area (Å²) in [6.45, 7) is 4.63. The smallest absolute Gasteiger partial charge is 0.416 e. The molecule has 1 aromatic carbocycles. The van der Waals surface area contributed by atoms with Crippen molar-refractivity contribution in [3.63, 3.8) is 0 Å². The molecule has 0 aliphatic carbocycles. The van der Waals surface area contributed by atoms with Crippen LogP contribution in [0.15, 0.2) is 18.2 Å². The Labute approximate surface area is 176 Å². The van der Waals surface area contributed by atoms with Gasteiger partial charge in [0.25, 0.3) is 0 Å². The first kappa shape index (κ1) is 26.8. The van der Waals surface area contributed by atoms with Gasteiger partial charge >= 0.3 is 18.1 Å². The number of carbonyl (C=O) groups is 2. The van der Waals surface area contributed by atoms with Crippen LogP contribution in [0.4, 0.5) is 17.6 Å². The number of aliphatic carboxylic acids is 2. The summed E-state index contributed by atoms with van der Waals surface area (Å²) in [6, 6.07) is 3.19. The van der Waals surface area contributed by atoms with Gasteiger partial charge in [-0.15, -0.1) is 0 Å². The molecule has 0 amide bonds. The molecule has 3 atom stereocenters. The monoisotopic (exact) mass is 454 g/mol. The summed E-state index contributed by atoms with van der Waals surface area (Å²) in [4.78, 5) is 21.6. The number of aliphatic hydroxyl groups excluding tert-OH is 2. The lowest BCUT2D eigenvalue weighted by Gasteiger charge is -2.29. The van der Waals surface area contributed by atoms with Crippen molar-refractivity contribution in [2.45, 2.75) is 50.7 Å². The fraction of sp³-hybridized carbons (Fsp3) is 0.579. The van der Waals surface area contributed by atoms with Gasteiger partial charge in [-0.1, -0.05) is 13.0 Å². The van der Waals surface area contributed by atoms with Crippen LogP contribution in [0.3, 0.4) is 0 Å². The highest BCUT2D eigenvalue weighted by molar-refractivity contribution is 5.83. The molecule has 0 aromatic heterocycles. The van der Waals surface area contributed by atoms with Crippen LogP contribution in [-0.2, 0) is 22.3 Å². The second-order valence-corrected chi connectivity index (χ2v) is 6.98. The molecule has 0 saturated carbocycles. The summed E-state index contributed by atoms with van der Waals surface area (Å²) in [5.41, 5.74) is -0.723. The highest BCUT2D eigenvalue weighted by atomic mass is 19.4. The molecule has 8 nitrogen and oxygen atoms in total. The molecule has 5 N–H and O–H groups in total. The van der Waals surface area contributed by atoms with E-state index in [0.717, 1.165) is 38.5 Å². The number of benzene rings is 1. The Kier molecular flexibility index (Phi) is 10.3. The summed E-state index contributed by atoms with van der Waals surface area (Å²) < 4.78 is 52.3. The predicted octanol–water partition coefficient (Wildman–Crippen LogP) is 1.30. The average molecular weight is 454 g/mol. The summed E-state index contributed by atoms with van der Waals surface area (Å²) >= 11 is 0. The zero-order chi connectivity index (χ0) is 23.8. The molecule has 1 saturated heterocycles. The Hall–Kier alpha value is -2.28. The quantitative estimate of drug-likeness (QED) is 0.372. The van der Waals surface area contributed by atoms with E-state index in [-0.39, 0.29) is 18.2 Å². The lowest BCUT2D eigenvalue weighted by Crippen LogP contribution is -2.39. The van der Waals surface area contributed by atoms with Crippen LogP contribution in [0.25, 0.3) is 0 Å². The number of halogens is 4. The molecule has 0 spiro atoms. The van der Waals surface area contributed by atoms with Crippen molar-refractivity contribution in [3.8, 4) is 0 Å². The number of hydrogen-bond acceptors (Lipinski definition) is 6. The Bertz CT molecular complexity index is 723. The molecule has 1 aliphatic heterocycles. The number of aliphatic hydroxyl groups is 2. The fourth-order valence-corrected chi connectivity index (χ4v) is 3.07. The van der Waals surface area contributed by atoms with Gasteiger partial charge in [0.15, 0.2) is 12.2 Å². The van der Waals surface area contributed by atoms with Crippen molar-refractivity contribution in [2.75, 3.05) is 19.6 Å². The number of carboxylic acid groups (broad SMARTS) is 2. The number of alkyl halides is 3. The summed E-state index contributed by atoms with van der Waals surface area (Å²) in [5, 5.41) is 35.8. The van der Waals surface area contributed by atoms with E-state index in [1.165, 1.54) is 6.07 Å². The van der Waals surface area contributed by atoms with Crippen LogP contribution < -0.4 is 5.32 Å². The molecule has 1 aromatic rings. The fourth-order valence-electron chi connectivity index (χ4n) is 3.07. The molecule has 0 unspecified atom stereocenters. The number of nitrogens with zero attached hydrogens (tertiary/aromatic N) is 1. The standard InChI is InChI=1S/C15H20F4N2.C4H6O6/c1-2-7-21(13-5-6-20-9-13)10-11-3-4-12(16)8-14(11)15(17,18)19;5-1(3(7)8)2(6)4(9)10/h3-4,8,13,20H,2,5-7,9-10H2,1H3;1-2,5-6H,(H,7,8)(H,9,10)/t13-;1-,2-/m01/s1. The highest BCUT2D eigenvalue weighted by Crippen LogP contribution is 2.33. The Morgan fingerprint density at radius 3 is 2.19 bits per heavy atom. The lowest BCUT2D eigenvalue weighted by molar-refractivity contribution is -0.165. The van der Waals surface area contributed by atoms with E-state index in [2.05, 4.69) is 10.2 Å². The Morgan fingerprint density at radius 1 is 1.19 bits per heavy atom. The van der Waals surface area contributed by atoms with Crippen molar-refractivity contribution in [1.82, 2.24) is 10.2 Å². The van der Waals surface area contributed by atoms with E-state index in [0.29, 0.717) is 6.07 Å². The minimum atomic E-state index is -4.52. The Balaban J connectivity index is 0.000000407. The van der Waals surface area contributed by atoms with Gasteiger partial charge in [-0.25, -0.2) is 14.0 Å². The summed E-state index contributed by atoms with van der Waals surface area (Å²) in [7, 11) is 0. The first-order chi connectivity index (χ1) is 14.4. The van der Waals surface area contributed by atoms with E-state index < -0.39 is 41.7 Å². The molecule has 2 rings (SSSR count). The molecule has 12 heteroatoms. The second kappa shape index (κ2) is 11.9. The minimum Gasteiger partial charge on any atom is -0.479 e. The first-order valence-electron chi connectivity index (χ1n) is 9.50. The van der Waals surface area contributed by atoms with E-state index >= 15 is 0 Å². The highest BCUT2D eigenvalue weighted by Gasteiger charge is 2.35. The maximum atomic E-state index is 13.1. The molecule has 0 radical (unpaired) electrons. The lowest BCUT2D eigenvalue weighted by atomic mass is 10.0. The van der Waals surface area contributed by atoms with Gasteiger partial charge < -0.3 is 25.7 Å². The topological polar surface area (TPSA) is 130 Å². The average Bonchev–Trinajstić information content (AvgIpc) is 3.22. The van der Waals surface area contributed by atoms with Crippen LogP contribution >= 0.6 is 0 Å². The molecule has 1 heterocycles. The molecule has 176 valence electrons. The van der Waals surface area contributed by atoms with Gasteiger partial charge in [-0.05, 0) is 43.6 Å². The molecular weight excluding hydrogens is 428 g/mol. The molecule has 0 bridgehead atoms. The van der Waals surface area contributed by atoms with Crippen LogP contribution in [0.2, 0.25) is 0 Å². The van der Waals surface area contributed by atoms with E-state index in [1.807, 2.05) is 6.92 Å². The normalized spacial score (nSPS) is 18.3. The van der Waals surface area contributed by atoms with E-state index in [1.54, 1.807) is 0 Å². The number of hydrogen-bond donors (Lipinski definition) is 5. The van der Waals surface area contributed by atoms with Crippen LogP contribution in [0.1, 0.15) is 30.9 Å². The molecule has 31 heavy (non-hydrogen) atoms. The third-order valence-corrected chi connectivity index (χ3v) is 4.62. The van der Waals surface area contributed by atoms with Crippen molar-refractivity contribution >= 4 is 11.9 Å². The van der Waals surface area contributed by atoms with Crippen LogP contribution in [-0.4, -0.2) is 75.1 Å². The first-order valence-corrected chi connectivity index (χ1v) is 9.50. The minimum absolute atomic E-state index is 0.143. The zero-order valence-electron chi connectivity index (χ0n) is 16.8. The van der Waals surface area contributed by atoms with Gasteiger partial charge in [0.1, 0.15) is 5.82 Å². The summed E-state index contributed by atoms with van der Waals surface area (Å²) in [6.07, 6.45) is -7.25. The van der Waals surface area contributed by atoms with Crippen molar-refractivity contribution in [3.05, 3.63) is 35.1 Å². The third-order valence-electron chi connectivity index (χ3n) is 4.62. The molecular formula is C19H26F4N2O6. The van der Waals surface area contributed by atoms with E-state index in [4.69, 9.17) is 20.4 Å². The maximum absolute atomic E-state index is 13.1. The molecule has 1 fully saturated rings. The van der Waals surface area contributed by atoms with Gasteiger partial charge in [0.2, 0.25) is 0 Å². The van der Waals surface area contributed by atoms with Crippen LogP contribution in [0, 0.1) is 5.82 Å².